The van der Waals surface area contributed by atoms with Crippen LogP contribution < -0.4 is 5.32 Å². The Morgan fingerprint density at radius 1 is 1.00 bits per heavy atom. The molecular formula is C20H12FN5O. The van der Waals surface area contributed by atoms with Gasteiger partial charge in [-0.1, -0.05) is 18.2 Å². The summed E-state index contributed by atoms with van der Waals surface area (Å²) >= 11 is 0. The number of carbonyl (C=O) groups is 1. The van der Waals surface area contributed by atoms with Crippen molar-refractivity contribution in [3.63, 3.8) is 0 Å². The molecule has 1 aromatic heterocycles. The van der Waals surface area contributed by atoms with Gasteiger partial charge in [-0.2, -0.15) is 10.1 Å². The summed E-state index contributed by atoms with van der Waals surface area (Å²) in [5.41, 5.74) is 2.57. The maximum absolute atomic E-state index is 14.0. The second-order valence-corrected chi connectivity index (χ2v) is 5.79. The fraction of sp³-hybridized carbons (Fsp3) is 0. The summed E-state index contributed by atoms with van der Waals surface area (Å²) in [5.74, 6) is -1.35. The van der Waals surface area contributed by atoms with Gasteiger partial charge in [0.15, 0.2) is 0 Å². The topological polar surface area (TPSA) is 83.6 Å². The molecule has 1 N–H and O–H groups in total. The van der Waals surface area contributed by atoms with Crippen LogP contribution >= 0.6 is 0 Å². The van der Waals surface area contributed by atoms with E-state index in [2.05, 4.69) is 15.5 Å². The van der Waals surface area contributed by atoms with Crippen LogP contribution in [0.3, 0.4) is 0 Å². The number of benzene rings is 3. The molecule has 0 saturated heterocycles. The Kier molecular flexibility index (Phi) is 4.07. The van der Waals surface area contributed by atoms with Crippen LogP contribution in [-0.2, 0) is 0 Å². The standard InChI is InChI=1S/C20H12FN5O/c21-17-10-13(12-22)6-8-16(17)20(27)23-14-7-9-18-19(11-14)25-26(24-18)15-4-2-1-3-5-15/h1-11H,(H,23,27). The van der Waals surface area contributed by atoms with Gasteiger partial charge in [0, 0.05) is 5.69 Å². The van der Waals surface area contributed by atoms with Gasteiger partial charge in [-0.25, -0.2) is 4.39 Å². The highest BCUT2D eigenvalue weighted by Crippen LogP contribution is 2.19. The fourth-order valence-corrected chi connectivity index (χ4v) is 2.64. The van der Waals surface area contributed by atoms with Crippen molar-refractivity contribution in [2.24, 2.45) is 0 Å². The van der Waals surface area contributed by atoms with E-state index in [4.69, 9.17) is 5.26 Å². The monoisotopic (exact) mass is 357 g/mol. The molecule has 0 saturated carbocycles. The van der Waals surface area contributed by atoms with Crippen molar-refractivity contribution in [1.82, 2.24) is 15.0 Å². The number of nitrogens with one attached hydrogen (secondary N) is 1. The van der Waals surface area contributed by atoms with Gasteiger partial charge in [0.25, 0.3) is 5.91 Å². The fourth-order valence-electron chi connectivity index (χ4n) is 2.64. The van der Waals surface area contributed by atoms with Crippen molar-refractivity contribution in [2.45, 2.75) is 0 Å². The van der Waals surface area contributed by atoms with Gasteiger partial charge in [0.2, 0.25) is 0 Å². The van der Waals surface area contributed by atoms with E-state index in [0.29, 0.717) is 16.7 Å². The molecule has 0 fully saturated rings. The molecule has 0 radical (unpaired) electrons. The molecule has 0 aliphatic rings. The zero-order valence-electron chi connectivity index (χ0n) is 13.9. The third kappa shape index (κ3) is 3.24. The minimum atomic E-state index is -0.748. The SMILES string of the molecule is N#Cc1ccc(C(=O)Nc2ccc3nn(-c4ccccc4)nc3c2)c(F)c1. The third-order valence-electron chi connectivity index (χ3n) is 3.97. The zero-order chi connectivity index (χ0) is 18.8. The second-order valence-electron chi connectivity index (χ2n) is 5.79. The molecule has 4 aromatic rings. The molecule has 7 heteroatoms. The first-order valence-electron chi connectivity index (χ1n) is 8.07. The largest absolute Gasteiger partial charge is 0.322 e. The van der Waals surface area contributed by atoms with E-state index in [0.717, 1.165) is 11.8 Å². The van der Waals surface area contributed by atoms with E-state index < -0.39 is 11.7 Å². The molecule has 0 aliphatic heterocycles. The summed E-state index contributed by atoms with van der Waals surface area (Å²) in [4.78, 5) is 13.8. The maximum Gasteiger partial charge on any atom is 0.258 e. The van der Waals surface area contributed by atoms with Crippen molar-refractivity contribution in [2.75, 3.05) is 5.32 Å². The van der Waals surface area contributed by atoms with Crippen molar-refractivity contribution in [3.8, 4) is 11.8 Å². The molecule has 0 aliphatic carbocycles. The van der Waals surface area contributed by atoms with E-state index in [1.54, 1.807) is 18.2 Å². The lowest BCUT2D eigenvalue weighted by Crippen LogP contribution is -2.13. The lowest BCUT2D eigenvalue weighted by atomic mass is 10.1. The highest BCUT2D eigenvalue weighted by Gasteiger charge is 2.13. The van der Waals surface area contributed by atoms with Crippen molar-refractivity contribution >= 4 is 22.6 Å². The molecule has 1 heterocycles. The molecule has 4 rings (SSSR count). The Hall–Kier alpha value is -4.05. The predicted molar refractivity (Wildman–Crippen MR) is 97.9 cm³/mol. The number of hydrogen-bond donors (Lipinski definition) is 1. The average molecular weight is 357 g/mol. The molecule has 0 atom stereocenters. The van der Waals surface area contributed by atoms with Crippen molar-refractivity contribution < 1.29 is 9.18 Å². The van der Waals surface area contributed by atoms with Crippen LogP contribution in [0.2, 0.25) is 0 Å². The second kappa shape index (κ2) is 6.69. The van der Waals surface area contributed by atoms with Gasteiger partial charge in [0.05, 0.1) is 22.9 Å². The lowest BCUT2D eigenvalue weighted by molar-refractivity contribution is 0.102. The van der Waals surface area contributed by atoms with Crippen LogP contribution in [0, 0.1) is 17.1 Å². The number of para-hydroxylation sites is 1. The smallest absolute Gasteiger partial charge is 0.258 e. The third-order valence-corrected chi connectivity index (χ3v) is 3.97. The number of halogens is 1. The van der Waals surface area contributed by atoms with Crippen LogP contribution in [-0.4, -0.2) is 20.9 Å². The molecule has 0 bridgehead atoms. The van der Waals surface area contributed by atoms with Gasteiger partial charge in [-0.05, 0) is 48.5 Å². The molecule has 1 amide bonds. The highest BCUT2D eigenvalue weighted by atomic mass is 19.1. The molecule has 0 spiro atoms. The first-order valence-corrected chi connectivity index (χ1v) is 8.07. The molecule has 6 nitrogen and oxygen atoms in total. The Bertz CT molecular complexity index is 1190. The van der Waals surface area contributed by atoms with Gasteiger partial charge >= 0.3 is 0 Å². The quantitative estimate of drug-likeness (QED) is 0.606. The van der Waals surface area contributed by atoms with Gasteiger partial charge in [-0.15, -0.1) is 10.2 Å². The molecule has 27 heavy (non-hydrogen) atoms. The highest BCUT2D eigenvalue weighted by molar-refractivity contribution is 6.05. The number of amides is 1. The minimum absolute atomic E-state index is 0.137. The van der Waals surface area contributed by atoms with Gasteiger partial charge in [-0.3, -0.25) is 4.79 Å². The van der Waals surface area contributed by atoms with Crippen LogP contribution in [0.5, 0.6) is 0 Å². The number of rotatable bonds is 3. The van der Waals surface area contributed by atoms with Crippen molar-refractivity contribution in [3.05, 3.63) is 83.7 Å². The predicted octanol–water partition coefficient (Wildman–Crippen LogP) is 3.68. The summed E-state index contributed by atoms with van der Waals surface area (Å²) in [6.07, 6.45) is 0. The molecule has 0 unspecified atom stereocenters. The van der Waals surface area contributed by atoms with Gasteiger partial charge < -0.3 is 5.32 Å². The number of carbonyl (C=O) groups excluding carboxylic acids is 1. The Balaban J connectivity index is 1.61. The van der Waals surface area contributed by atoms with E-state index in [-0.39, 0.29) is 11.1 Å². The summed E-state index contributed by atoms with van der Waals surface area (Å²) in [7, 11) is 0. The first kappa shape index (κ1) is 16.4. The number of hydrogen-bond acceptors (Lipinski definition) is 4. The number of fused-ring (bicyclic) bond motifs is 1. The molecule has 130 valence electrons. The summed E-state index contributed by atoms with van der Waals surface area (Å²) in [6.45, 7) is 0. The van der Waals surface area contributed by atoms with Gasteiger partial charge in [0.1, 0.15) is 16.9 Å². The van der Waals surface area contributed by atoms with Crippen LogP contribution in [0.25, 0.3) is 16.7 Å². The zero-order valence-corrected chi connectivity index (χ0v) is 13.9. The summed E-state index contributed by atoms with van der Waals surface area (Å²) < 4.78 is 14.0. The Labute approximate surface area is 153 Å². The van der Waals surface area contributed by atoms with Crippen LogP contribution in [0.15, 0.2) is 66.7 Å². The van der Waals surface area contributed by atoms with E-state index in [1.165, 1.54) is 16.9 Å². The lowest BCUT2D eigenvalue weighted by Gasteiger charge is -2.06. The Morgan fingerprint density at radius 3 is 2.52 bits per heavy atom. The van der Waals surface area contributed by atoms with Crippen molar-refractivity contribution in [1.29, 1.82) is 5.26 Å². The number of aromatic nitrogens is 3. The van der Waals surface area contributed by atoms with E-state index in [1.807, 2.05) is 36.4 Å². The van der Waals surface area contributed by atoms with Crippen LogP contribution in [0.4, 0.5) is 10.1 Å². The van der Waals surface area contributed by atoms with E-state index in [9.17, 15) is 9.18 Å². The Morgan fingerprint density at radius 2 is 1.78 bits per heavy atom. The molecule has 3 aromatic carbocycles. The normalized spacial score (nSPS) is 10.5. The maximum atomic E-state index is 14.0. The minimum Gasteiger partial charge on any atom is -0.322 e. The average Bonchev–Trinajstić information content (AvgIpc) is 3.12. The number of nitrogens with zero attached hydrogens (tertiary/aromatic N) is 4. The van der Waals surface area contributed by atoms with Crippen LogP contribution in [0.1, 0.15) is 15.9 Å². The number of anilines is 1. The summed E-state index contributed by atoms with van der Waals surface area (Å²) in [5, 5.41) is 20.2. The first-order chi connectivity index (χ1) is 13.1. The number of nitriles is 1. The van der Waals surface area contributed by atoms with E-state index >= 15 is 0 Å². The summed E-state index contributed by atoms with van der Waals surface area (Å²) in [6, 6.07) is 20.1. The molecular weight excluding hydrogens is 345 g/mol.